The van der Waals surface area contributed by atoms with E-state index in [0.717, 1.165) is 11.5 Å². The fourth-order valence-electron chi connectivity index (χ4n) is 1.95. The van der Waals surface area contributed by atoms with Crippen LogP contribution < -0.4 is 10.1 Å². The van der Waals surface area contributed by atoms with E-state index in [0.29, 0.717) is 12.6 Å². The molecule has 0 aliphatic heterocycles. The summed E-state index contributed by atoms with van der Waals surface area (Å²) in [7, 11) is 1.96. The van der Waals surface area contributed by atoms with E-state index in [2.05, 4.69) is 48.6 Å². The summed E-state index contributed by atoms with van der Waals surface area (Å²) in [5.41, 5.74) is 1.21. The topological polar surface area (TPSA) is 21.3 Å². The predicted molar refractivity (Wildman–Crippen MR) is 86.6 cm³/mol. The SMILES string of the molecule is CNC(C)c1ccccc1OCCSc1ccccc1. The second-order valence-electron chi connectivity index (χ2n) is 4.56. The van der Waals surface area contributed by atoms with Crippen LogP contribution in [0.25, 0.3) is 0 Å². The Hall–Kier alpha value is -1.45. The molecule has 0 radical (unpaired) electrons. The van der Waals surface area contributed by atoms with Crippen molar-refractivity contribution in [3.63, 3.8) is 0 Å². The van der Waals surface area contributed by atoms with E-state index in [1.807, 2.05) is 37.0 Å². The Morgan fingerprint density at radius 3 is 2.50 bits per heavy atom. The summed E-state index contributed by atoms with van der Waals surface area (Å²) < 4.78 is 5.92. The normalized spacial score (nSPS) is 12.1. The highest BCUT2D eigenvalue weighted by molar-refractivity contribution is 7.99. The van der Waals surface area contributed by atoms with Crippen LogP contribution in [0.15, 0.2) is 59.5 Å². The van der Waals surface area contributed by atoms with Gasteiger partial charge in [-0.15, -0.1) is 11.8 Å². The molecule has 1 atom stereocenters. The standard InChI is InChI=1S/C17H21NOS/c1-14(18-2)16-10-6-7-11-17(16)19-12-13-20-15-8-4-3-5-9-15/h3-11,14,18H,12-13H2,1-2H3. The minimum Gasteiger partial charge on any atom is -0.492 e. The first-order chi connectivity index (χ1) is 9.81. The van der Waals surface area contributed by atoms with Gasteiger partial charge >= 0.3 is 0 Å². The molecule has 0 fully saturated rings. The molecule has 0 saturated carbocycles. The maximum atomic E-state index is 5.92. The highest BCUT2D eigenvalue weighted by Crippen LogP contribution is 2.25. The van der Waals surface area contributed by atoms with Gasteiger partial charge in [0.2, 0.25) is 0 Å². The second kappa shape index (κ2) is 7.98. The Morgan fingerprint density at radius 2 is 1.75 bits per heavy atom. The van der Waals surface area contributed by atoms with Crippen molar-refractivity contribution >= 4 is 11.8 Å². The molecule has 2 aromatic carbocycles. The third kappa shape index (κ3) is 4.29. The molecule has 0 spiro atoms. The molecular formula is C17H21NOS. The highest BCUT2D eigenvalue weighted by Gasteiger charge is 2.08. The molecule has 0 aliphatic rings. The van der Waals surface area contributed by atoms with E-state index >= 15 is 0 Å². The van der Waals surface area contributed by atoms with Gasteiger partial charge in [0.25, 0.3) is 0 Å². The molecule has 2 aromatic rings. The lowest BCUT2D eigenvalue weighted by Crippen LogP contribution is -2.14. The molecule has 2 nitrogen and oxygen atoms in total. The molecule has 106 valence electrons. The summed E-state index contributed by atoms with van der Waals surface area (Å²) >= 11 is 1.82. The van der Waals surface area contributed by atoms with Crippen LogP contribution in [0.4, 0.5) is 0 Å². The maximum Gasteiger partial charge on any atom is 0.124 e. The first kappa shape index (κ1) is 14.9. The van der Waals surface area contributed by atoms with Crippen LogP contribution in [-0.2, 0) is 0 Å². The number of rotatable bonds is 7. The summed E-state index contributed by atoms with van der Waals surface area (Å²) in [6, 6.07) is 18.9. The Labute approximate surface area is 125 Å². The molecule has 0 bridgehead atoms. The van der Waals surface area contributed by atoms with Gasteiger partial charge in [-0.3, -0.25) is 0 Å². The van der Waals surface area contributed by atoms with Gasteiger partial charge in [0.1, 0.15) is 5.75 Å². The van der Waals surface area contributed by atoms with Gasteiger partial charge in [0.05, 0.1) is 6.61 Å². The lowest BCUT2D eigenvalue weighted by molar-refractivity contribution is 0.337. The van der Waals surface area contributed by atoms with Gasteiger partial charge in [-0.2, -0.15) is 0 Å². The number of para-hydroxylation sites is 1. The Morgan fingerprint density at radius 1 is 1.05 bits per heavy atom. The van der Waals surface area contributed by atoms with Crippen molar-refractivity contribution in [2.75, 3.05) is 19.4 Å². The Balaban J connectivity index is 1.85. The molecule has 0 amide bonds. The van der Waals surface area contributed by atoms with Crippen LogP contribution in [0.2, 0.25) is 0 Å². The van der Waals surface area contributed by atoms with E-state index in [9.17, 15) is 0 Å². The molecule has 0 aromatic heterocycles. The van der Waals surface area contributed by atoms with Crippen molar-refractivity contribution in [3.05, 3.63) is 60.2 Å². The number of hydrogen-bond acceptors (Lipinski definition) is 3. The van der Waals surface area contributed by atoms with Crippen LogP contribution in [-0.4, -0.2) is 19.4 Å². The Bertz CT molecular complexity index is 515. The fourth-order valence-corrected chi connectivity index (χ4v) is 2.71. The predicted octanol–water partition coefficient (Wildman–Crippen LogP) is 4.14. The number of hydrogen-bond donors (Lipinski definition) is 1. The van der Waals surface area contributed by atoms with Crippen LogP contribution >= 0.6 is 11.8 Å². The van der Waals surface area contributed by atoms with Crippen molar-refractivity contribution in [2.45, 2.75) is 17.9 Å². The number of thioether (sulfide) groups is 1. The average molecular weight is 287 g/mol. The van der Waals surface area contributed by atoms with Crippen molar-refractivity contribution in [1.82, 2.24) is 5.32 Å². The van der Waals surface area contributed by atoms with Gasteiger partial charge in [0.15, 0.2) is 0 Å². The van der Waals surface area contributed by atoms with Crippen molar-refractivity contribution < 1.29 is 4.74 Å². The molecule has 20 heavy (non-hydrogen) atoms. The molecule has 1 N–H and O–H groups in total. The van der Waals surface area contributed by atoms with Crippen molar-refractivity contribution in [1.29, 1.82) is 0 Å². The molecule has 1 unspecified atom stereocenters. The van der Waals surface area contributed by atoms with E-state index in [4.69, 9.17) is 4.74 Å². The lowest BCUT2D eigenvalue weighted by Gasteiger charge is -2.16. The molecule has 3 heteroatoms. The molecule has 0 saturated heterocycles. The summed E-state index contributed by atoms with van der Waals surface area (Å²) in [5.74, 6) is 1.93. The quantitative estimate of drug-likeness (QED) is 0.611. The zero-order valence-corrected chi connectivity index (χ0v) is 12.8. The smallest absolute Gasteiger partial charge is 0.124 e. The number of nitrogens with one attached hydrogen (secondary N) is 1. The molecule has 0 aliphatic carbocycles. The summed E-state index contributed by atoms with van der Waals surface area (Å²) in [6.45, 7) is 2.86. The minimum absolute atomic E-state index is 0.299. The largest absolute Gasteiger partial charge is 0.492 e. The van der Waals surface area contributed by atoms with Crippen LogP contribution in [0, 0.1) is 0 Å². The van der Waals surface area contributed by atoms with Gasteiger partial charge < -0.3 is 10.1 Å². The zero-order chi connectivity index (χ0) is 14.2. The second-order valence-corrected chi connectivity index (χ2v) is 5.73. The van der Waals surface area contributed by atoms with E-state index < -0.39 is 0 Å². The minimum atomic E-state index is 0.299. The first-order valence-electron chi connectivity index (χ1n) is 6.88. The molecular weight excluding hydrogens is 266 g/mol. The van der Waals surface area contributed by atoms with E-state index in [1.54, 1.807) is 0 Å². The van der Waals surface area contributed by atoms with Crippen molar-refractivity contribution in [3.8, 4) is 5.75 Å². The Kier molecular flexibility index (Phi) is 5.96. The van der Waals surface area contributed by atoms with Crippen molar-refractivity contribution in [2.24, 2.45) is 0 Å². The third-order valence-electron chi connectivity index (χ3n) is 3.17. The first-order valence-corrected chi connectivity index (χ1v) is 7.86. The van der Waals surface area contributed by atoms with E-state index in [-0.39, 0.29) is 0 Å². The van der Waals surface area contributed by atoms with E-state index in [1.165, 1.54) is 10.5 Å². The summed E-state index contributed by atoms with van der Waals surface area (Å²) in [5, 5.41) is 3.25. The third-order valence-corrected chi connectivity index (χ3v) is 4.15. The average Bonchev–Trinajstić information content (AvgIpc) is 2.52. The maximum absolute atomic E-state index is 5.92. The summed E-state index contributed by atoms with van der Waals surface area (Å²) in [6.07, 6.45) is 0. The van der Waals surface area contributed by atoms with Gasteiger partial charge in [0, 0.05) is 22.3 Å². The monoisotopic (exact) mass is 287 g/mol. The highest BCUT2D eigenvalue weighted by atomic mass is 32.2. The molecule has 0 heterocycles. The molecule has 2 rings (SSSR count). The summed E-state index contributed by atoms with van der Waals surface area (Å²) in [4.78, 5) is 1.29. The van der Waals surface area contributed by atoms with Crippen LogP contribution in [0.1, 0.15) is 18.5 Å². The van der Waals surface area contributed by atoms with Crippen LogP contribution in [0.5, 0.6) is 5.75 Å². The van der Waals surface area contributed by atoms with Gasteiger partial charge in [-0.25, -0.2) is 0 Å². The fraction of sp³-hybridized carbons (Fsp3) is 0.294. The van der Waals surface area contributed by atoms with Gasteiger partial charge in [-0.1, -0.05) is 36.4 Å². The zero-order valence-electron chi connectivity index (χ0n) is 12.0. The number of benzene rings is 2. The van der Waals surface area contributed by atoms with Gasteiger partial charge in [-0.05, 0) is 32.2 Å². The van der Waals surface area contributed by atoms with Crippen LogP contribution in [0.3, 0.4) is 0 Å². The lowest BCUT2D eigenvalue weighted by atomic mass is 10.1. The number of ether oxygens (including phenoxy) is 1.